The van der Waals surface area contributed by atoms with Gasteiger partial charge in [-0.1, -0.05) is 63.6 Å². The molecule has 2 nitrogen and oxygen atoms in total. The van der Waals surface area contributed by atoms with Crippen LogP contribution in [-0.4, -0.2) is 62.3 Å². The first-order valence-corrected chi connectivity index (χ1v) is 6.66. The molecule has 0 saturated carbocycles. The number of hydrogen-bond donors (Lipinski definition) is 2. The van der Waals surface area contributed by atoms with Gasteiger partial charge in [-0.15, -0.1) is 0 Å². The van der Waals surface area contributed by atoms with Crippen molar-refractivity contribution in [1.29, 1.82) is 0 Å². The van der Waals surface area contributed by atoms with Crippen molar-refractivity contribution >= 4 is 45.5 Å². The predicted octanol–water partition coefficient (Wildman–Crippen LogP) is 3.21. The number of para-hydroxylation sites is 1. The average molecular weight is 328 g/mol. The first kappa shape index (κ1) is 20.8. The van der Waals surface area contributed by atoms with Gasteiger partial charge < -0.3 is 10.2 Å². The molecule has 1 rings (SSSR count). The Labute approximate surface area is 149 Å². The maximum atomic E-state index is 8.63. The fourth-order valence-electron chi connectivity index (χ4n) is 1.50. The van der Waals surface area contributed by atoms with E-state index in [9.17, 15) is 0 Å². The van der Waals surface area contributed by atoms with Crippen molar-refractivity contribution in [2.75, 3.05) is 6.61 Å². The Morgan fingerprint density at radius 3 is 1.72 bits per heavy atom. The third-order valence-corrected chi connectivity index (χ3v) is 2.52. The number of phenolic OH excluding ortho intramolecular Hbond substituents is 1. The molecular formula is C15H28O2Sr. The summed E-state index contributed by atoms with van der Waals surface area (Å²) in [5.74, 6) is 0.322. The second-order valence-electron chi connectivity index (χ2n) is 4.18. The number of unbranched alkanes of at least 4 members (excludes halogenated alkanes) is 6. The third-order valence-electron chi connectivity index (χ3n) is 2.52. The molecule has 0 fully saturated rings. The zero-order valence-corrected chi connectivity index (χ0v) is 10.9. The SMILES string of the molecule is CCCCCCCCCO.Oc1ccccc1.[SrH2]. The average Bonchev–Trinajstić information content (AvgIpc) is 2.35. The fourth-order valence-corrected chi connectivity index (χ4v) is 1.50. The Morgan fingerprint density at radius 2 is 1.33 bits per heavy atom. The van der Waals surface area contributed by atoms with Gasteiger partial charge in [0.1, 0.15) is 5.75 Å². The number of aliphatic hydroxyl groups excluding tert-OH is 1. The van der Waals surface area contributed by atoms with Crippen molar-refractivity contribution in [2.24, 2.45) is 0 Å². The van der Waals surface area contributed by atoms with Gasteiger partial charge in [-0.2, -0.15) is 0 Å². The Kier molecular flexibility index (Phi) is 20.1. The van der Waals surface area contributed by atoms with Crippen LogP contribution in [0.4, 0.5) is 0 Å². The summed E-state index contributed by atoms with van der Waals surface area (Å²) in [6, 6.07) is 8.71. The molecule has 3 heteroatoms. The van der Waals surface area contributed by atoms with E-state index in [4.69, 9.17) is 10.2 Å². The summed E-state index contributed by atoms with van der Waals surface area (Å²) in [4.78, 5) is 0. The summed E-state index contributed by atoms with van der Waals surface area (Å²) < 4.78 is 0. The van der Waals surface area contributed by atoms with E-state index in [2.05, 4.69) is 6.92 Å². The summed E-state index contributed by atoms with van der Waals surface area (Å²) in [5, 5.41) is 17.1. The Hall–Kier alpha value is 0.461. The van der Waals surface area contributed by atoms with E-state index in [1.165, 1.54) is 38.5 Å². The fraction of sp³-hybridized carbons (Fsp3) is 0.600. The van der Waals surface area contributed by atoms with Gasteiger partial charge >= 0.3 is 45.5 Å². The van der Waals surface area contributed by atoms with Crippen LogP contribution in [0, 0.1) is 0 Å². The molecule has 1 aromatic carbocycles. The topological polar surface area (TPSA) is 40.5 Å². The number of rotatable bonds is 7. The third kappa shape index (κ3) is 16.5. The van der Waals surface area contributed by atoms with Gasteiger partial charge in [0.15, 0.2) is 0 Å². The maximum absolute atomic E-state index is 8.63. The first-order chi connectivity index (χ1) is 8.31. The molecule has 0 radical (unpaired) electrons. The van der Waals surface area contributed by atoms with Crippen LogP contribution in [-0.2, 0) is 0 Å². The molecule has 1 aromatic rings. The molecule has 0 aromatic heterocycles. The molecule has 0 unspecified atom stereocenters. The number of phenols is 1. The summed E-state index contributed by atoms with van der Waals surface area (Å²) in [5.41, 5.74) is 0. The summed E-state index contributed by atoms with van der Waals surface area (Å²) in [7, 11) is 0. The second kappa shape index (κ2) is 17.5. The van der Waals surface area contributed by atoms with Gasteiger partial charge in [-0.3, -0.25) is 0 Å². The first-order valence-electron chi connectivity index (χ1n) is 6.66. The van der Waals surface area contributed by atoms with Crippen LogP contribution in [0.15, 0.2) is 30.3 Å². The van der Waals surface area contributed by atoms with Crippen LogP contribution >= 0.6 is 0 Å². The van der Waals surface area contributed by atoms with Crippen molar-refractivity contribution in [3.8, 4) is 5.75 Å². The van der Waals surface area contributed by atoms with E-state index in [-0.39, 0.29) is 45.5 Å². The van der Waals surface area contributed by atoms with Crippen molar-refractivity contribution in [3.05, 3.63) is 30.3 Å². The second-order valence-corrected chi connectivity index (χ2v) is 4.18. The van der Waals surface area contributed by atoms with Crippen LogP contribution in [0.2, 0.25) is 0 Å². The molecule has 0 atom stereocenters. The molecule has 0 aliphatic carbocycles. The van der Waals surface area contributed by atoms with Crippen LogP contribution in [0.3, 0.4) is 0 Å². The van der Waals surface area contributed by atoms with Gasteiger partial charge in [0.05, 0.1) is 0 Å². The number of hydrogen-bond acceptors (Lipinski definition) is 2. The van der Waals surface area contributed by atoms with Crippen LogP contribution in [0.5, 0.6) is 5.75 Å². The molecule has 102 valence electrons. The number of aromatic hydroxyl groups is 1. The van der Waals surface area contributed by atoms with Crippen LogP contribution < -0.4 is 0 Å². The van der Waals surface area contributed by atoms with E-state index >= 15 is 0 Å². The van der Waals surface area contributed by atoms with E-state index in [0.29, 0.717) is 12.4 Å². The van der Waals surface area contributed by atoms with Crippen molar-refractivity contribution in [1.82, 2.24) is 0 Å². The van der Waals surface area contributed by atoms with Crippen LogP contribution in [0.1, 0.15) is 51.9 Å². The quantitative estimate of drug-likeness (QED) is 0.596. The number of aliphatic hydroxyl groups is 1. The normalized spacial score (nSPS) is 9.00. The van der Waals surface area contributed by atoms with Gasteiger partial charge in [0.25, 0.3) is 0 Å². The molecule has 0 bridgehead atoms. The van der Waals surface area contributed by atoms with Gasteiger partial charge in [0.2, 0.25) is 0 Å². The Balaban J connectivity index is 0. The minimum absolute atomic E-state index is 0. The van der Waals surface area contributed by atoms with Crippen molar-refractivity contribution < 1.29 is 10.2 Å². The molecular weight excluding hydrogens is 300 g/mol. The van der Waals surface area contributed by atoms with Crippen molar-refractivity contribution in [2.45, 2.75) is 51.9 Å². The molecule has 18 heavy (non-hydrogen) atoms. The Morgan fingerprint density at radius 1 is 0.833 bits per heavy atom. The van der Waals surface area contributed by atoms with Crippen molar-refractivity contribution in [3.63, 3.8) is 0 Å². The van der Waals surface area contributed by atoms with Gasteiger partial charge in [-0.05, 0) is 18.6 Å². The monoisotopic (exact) mass is 328 g/mol. The standard InChI is InChI=1S/C9H20O.C6H6O.Sr.2H/c1-2-3-4-5-6-7-8-9-10;7-6-4-2-1-3-5-6;;;/h10H,2-9H2,1H3;1-5,7H;;;. The summed E-state index contributed by atoms with van der Waals surface area (Å²) in [6.45, 7) is 2.60. The Bertz CT molecular complexity index is 232. The zero-order valence-electron chi connectivity index (χ0n) is 10.9. The van der Waals surface area contributed by atoms with Crippen LogP contribution in [0.25, 0.3) is 0 Å². The minimum atomic E-state index is 0. The predicted molar refractivity (Wildman–Crippen MR) is 81.7 cm³/mol. The molecule has 0 aliphatic rings. The molecule has 0 aliphatic heterocycles. The van der Waals surface area contributed by atoms with Gasteiger partial charge in [-0.25, -0.2) is 0 Å². The zero-order chi connectivity index (χ0) is 12.8. The van der Waals surface area contributed by atoms with E-state index < -0.39 is 0 Å². The van der Waals surface area contributed by atoms with E-state index in [0.717, 1.165) is 6.42 Å². The summed E-state index contributed by atoms with van der Waals surface area (Å²) >= 11 is 0. The summed E-state index contributed by atoms with van der Waals surface area (Å²) in [6.07, 6.45) is 8.93. The van der Waals surface area contributed by atoms with E-state index in [1.807, 2.05) is 6.07 Å². The number of benzene rings is 1. The molecule has 0 spiro atoms. The molecule has 0 heterocycles. The molecule has 0 amide bonds. The van der Waals surface area contributed by atoms with Gasteiger partial charge in [0, 0.05) is 6.61 Å². The molecule has 0 saturated heterocycles. The molecule has 2 N–H and O–H groups in total. The van der Waals surface area contributed by atoms with E-state index in [1.54, 1.807) is 24.3 Å².